The fraction of sp³-hybridized carbons (Fsp3) is 0.600. The van der Waals surface area contributed by atoms with Crippen LogP contribution in [0.25, 0.3) is 0 Å². The minimum absolute atomic E-state index is 0.495. The minimum Gasteiger partial charge on any atom is -0.496 e. The fourth-order valence-corrected chi connectivity index (χ4v) is 2.06. The number of methoxy groups -OCH3 is 1. The van der Waals surface area contributed by atoms with Gasteiger partial charge in [-0.1, -0.05) is 26.0 Å². The summed E-state index contributed by atoms with van der Waals surface area (Å²) in [5, 5.41) is 3.16. The maximum Gasteiger partial charge on any atom is 0.122 e. The number of benzene rings is 1. The van der Waals surface area contributed by atoms with Gasteiger partial charge in [0.1, 0.15) is 5.75 Å². The molecule has 3 nitrogen and oxygen atoms in total. The van der Waals surface area contributed by atoms with E-state index in [1.807, 2.05) is 7.05 Å². The monoisotopic (exact) mass is 250 g/mol. The number of nitrogens with one attached hydrogen (secondary N) is 1. The van der Waals surface area contributed by atoms with Crippen molar-refractivity contribution in [2.24, 2.45) is 0 Å². The molecule has 1 rings (SSSR count). The Morgan fingerprint density at radius 1 is 1.33 bits per heavy atom. The van der Waals surface area contributed by atoms with E-state index in [-0.39, 0.29) is 0 Å². The molecule has 0 radical (unpaired) electrons. The van der Waals surface area contributed by atoms with Gasteiger partial charge in [0, 0.05) is 13.2 Å². The third-order valence-electron chi connectivity index (χ3n) is 3.13. The Morgan fingerprint density at radius 2 is 2.06 bits per heavy atom. The van der Waals surface area contributed by atoms with Crippen molar-refractivity contribution in [1.29, 1.82) is 0 Å². The van der Waals surface area contributed by atoms with E-state index < -0.39 is 0 Å². The molecule has 1 aromatic rings. The van der Waals surface area contributed by atoms with Crippen LogP contribution in [0.2, 0.25) is 0 Å². The van der Waals surface area contributed by atoms with Crippen molar-refractivity contribution in [3.05, 3.63) is 29.3 Å². The summed E-state index contributed by atoms with van der Waals surface area (Å²) in [6.45, 7) is 6.39. The second-order valence-corrected chi connectivity index (χ2v) is 5.07. The molecule has 102 valence electrons. The first-order chi connectivity index (χ1) is 8.58. The predicted molar refractivity (Wildman–Crippen MR) is 77.3 cm³/mol. The van der Waals surface area contributed by atoms with Crippen molar-refractivity contribution in [1.82, 2.24) is 10.2 Å². The molecule has 0 atom stereocenters. The molecule has 0 heterocycles. The lowest BCUT2D eigenvalue weighted by Crippen LogP contribution is -2.30. The lowest BCUT2D eigenvalue weighted by Gasteiger charge is -2.17. The second kappa shape index (κ2) is 7.39. The molecular weight excluding hydrogens is 224 g/mol. The van der Waals surface area contributed by atoms with Crippen LogP contribution >= 0.6 is 0 Å². The molecule has 3 heteroatoms. The highest BCUT2D eigenvalue weighted by atomic mass is 16.5. The first-order valence-electron chi connectivity index (χ1n) is 6.58. The molecule has 0 bridgehead atoms. The number of likely N-dealkylation sites (N-methyl/N-ethyl adjacent to an activating group) is 1. The largest absolute Gasteiger partial charge is 0.496 e. The second-order valence-electron chi connectivity index (χ2n) is 5.07. The van der Waals surface area contributed by atoms with E-state index in [0.717, 1.165) is 25.4 Å². The van der Waals surface area contributed by atoms with E-state index in [1.165, 1.54) is 11.1 Å². The first kappa shape index (κ1) is 15.0. The molecule has 0 saturated heterocycles. The normalized spacial score (nSPS) is 11.3. The smallest absolute Gasteiger partial charge is 0.122 e. The topological polar surface area (TPSA) is 24.5 Å². The molecule has 0 aliphatic rings. The molecule has 0 aromatic heterocycles. The lowest BCUT2D eigenvalue weighted by molar-refractivity contribution is 0.321. The van der Waals surface area contributed by atoms with Crippen LogP contribution < -0.4 is 10.1 Å². The molecule has 0 saturated carbocycles. The van der Waals surface area contributed by atoms with Crippen molar-refractivity contribution in [2.75, 3.05) is 34.4 Å². The van der Waals surface area contributed by atoms with Crippen molar-refractivity contribution in [2.45, 2.75) is 26.2 Å². The number of nitrogens with zero attached hydrogens (tertiary/aromatic N) is 1. The molecule has 18 heavy (non-hydrogen) atoms. The zero-order chi connectivity index (χ0) is 13.5. The maximum absolute atomic E-state index is 5.41. The zero-order valence-corrected chi connectivity index (χ0v) is 12.3. The van der Waals surface area contributed by atoms with Gasteiger partial charge in [-0.3, -0.25) is 4.90 Å². The quantitative estimate of drug-likeness (QED) is 0.752. The highest BCUT2D eigenvalue weighted by Crippen LogP contribution is 2.27. The summed E-state index contributed by atoms with van der Waals surface area (Å²) in [7, 11) is 5.84. The van der Waals surface area contributed by atoms with Crippen LogP contribution in [0.4, 0.5) is 0 Å². The van der Waals surface area contributed by atoms with E-state index in [0.29, 0.717) is 5.92 Å². The zero-order valence-electron chi connectivity index (χ0n) is 12.3. The minimum atomic E-state index is 0.495. The van der Waals surface area contributed by atoms with Gasteiger partial charge in [-0.25, -0.2) is 0 Å². The van der Waals surface area contributed by atoms with Gasteiger partial charge in [0.25, 0.3) is 0 Å². The average molecular weight is 250 g/mol. The number of rotatable bonds is 7. The summed E-state index contributed by atoms with van der Waals surface area (Å²) in [6.07, 6.45) is 1.07. The van der Waals surface area contributed by atoms with Crippen molar-refractivity contribution < 1.29 is 4.74 Å². The summed E-state index contributed by atoms with van der Waals surface area (Å²) < 4.78 is 5.41. The van der Waals surface area contributed by atoms with Gasteiger partial charge in [0.2, 0.25) is 0 Å². The van der Waals surface area contributed by atoms with Crippen molar-refractivity contribution >= 4 is 0 Å². The molecule has 1 N–H and O–H groups in total. The molecule has 0 unspecified atom stereocenters. The highest BCUT2D eigenvalue weighted by Gasteiger charge is 2.08. The van der Waals surface area contributed by atoms with Crippen LogP contribution in [0.1, 0.15) is 30.9 Å². The summed E-state index contributed by atoms with van der Waals surface area (Å²) >= 11 is 0. The number of ether oxygens (including phenoxy) is 1. The average Bonchev–Trinajstić information content (AvgIpc) is 2.36. The number of hydrogen-bond donors (Lipinski definition) is 1. The Morgan fingerprint density at radius 3 is 2.61 bits per heavy atom. The predicted octanol–water partition coefficient (Wildman–Crippen LogP) is 2.47. The van der Waals surface area contributed by atoms with Crippen LogP contribution in [0.3, 0.4) is 0 Å². The van der Waals surface area contributed by atoms with Crippen LogP contribution in [-0.4, -0.2) is 39.3 Å². The summed E-state index contributed by atoms with van der Waals surface area (Å²) in [5.74, 6) is 1.49. The van der Waals surface area contributed by atoms with E-state index in [1.54, 1.807) is 7.11 Å². The first-order valence-corrected chi connectivity index (χ1v) is 6.58. The van der Waals surface area contributed by atoms with Crippen molar-refractivity contribution in [3.8, 4) is 5.75 Å². The molecule has 0 amide bonds. The molecule has 0 aliphatic heterocycles. The van der Waals surface area contributed by atoms with E-state index in [2.05, 4.69) is 49.3 Å². The fourth-order valence-electron chi connectivity index (χ4n) is 2.06. The third kappa shape index (κ3) is 4.31. The Hall–Kier alpha value is -1.06. The molecule has 1 aromatic carbocycles. The Labute approximate surface area is 111 Å². The number of hydrogen-bond acceptors (Lipinski definition) is 3. The maximum atomic E-state index is 5.41. The van der Waals surface area contributed by atoms with Crippen LogP contribution in [0.5, 0.6) is 5.75 Å². The third-order valence-corrected chi connectivity index (χ3v) is 3.13. The van der Waals surface area contributed by atoms with Gasteiger partial charge in [0.15, 0.2) is 0 Å². The van der Waals surface area contributed by atoms with E-state index in [4.69, 9.17) is 4.74 Å². The van der Waals surface area contributed by atoms with Gasteiger partial charge >= 0.3 is 0 Å². The Balaban J connectivity index is 2.70. The highest BCUT2D eigenvalue weighted by molar-refractivity contribution is 5.39. The van der Waals surface area contributed by atoms with Gasteiger partial charge in [-0.2, -0.15) is 0 Å². The Bertz CT molecular complexity index is 364. The van der Waals surface area contributed by atoms with Gasteiger partial charge < -0.3 is 10.1 Å². The SMILES string of the molecule is CNCN(C)CCc1ccc(OC)c(C(C)C)c1. The van der Waals surface area contributed by atoms with Gasteiger partial charge in [-0.05, 0) is 43.6 Å². The van der Waals surface area contributed by atoms with Crippen LogP contribution in [0.15, 0.2) is 18.2 Å². The summed E-state index contributed by atoms with van der Waals surface area (Å²) in [5.41, 5.74) is 2.67. The van der Waals surface area contributed by atoms with Gasteiger partial charge in [0.05, 0.1) is 7.11 Å². The lowest BCUT2D eigenvalue weighted by atomic mass is 9.98. The summed E-state index contributed by atoms with van der Waals surface area (Å²) in [6, 6.07) is 6.53. The van der Waals surface area contributed by atoms with Crippen LogP contribution in [0, 0.1) is 0 Å². The Kier molecular flexibility index (Phi) is 6.16. The van der Waals surface area contributed by atoms with E-state index >= 15 is 0 Å². The van der Waals surface area contributed by atoms with Crippen LogP contribution in [-0.2, 0) is 6.42 Å². The van der Waals surface area contributed by atoms with Gasteiger partial charge in [-0.15, -0.1) is 0 Å². The molecule has 0 spiro atoms. The van der Waals surface area contributed by atoms with E-state index in [9.17, 15) is 0 Å². The molecule has 0 fully saturated rings. The molecular formula is C15H26N2O. The standard InChI is InChI=1S/C15H26N2O/c1-12(2)14-10-13(6-7-15(14)18-5)8-9-17(4)11-16-3/h6-7,10,12,16H,8-9,11H2,1-5H3. The summed E-state index contributed by atoms with van der Waals surface area (Å²) in [4.78, 5) is 2.28. The van der Waals surface area contributed by atoms with Crippen molar-refractivity contribution in [3.63, 3.8) is 0 Å². The molecule has 0 aliphatic carbocycles.